The summed E-state index contributed by atoms with van der Waals surface area (Å²) in [7, 11) is -4.24. The number of anilines is 1. The Morgan fingerprint density at radius 1 is 0.966 bits per heavy atom. The Morgan fingerprint density at radius 2 is 1.69 bits per heavy atom. The smallest absolute Gasteiger partial charge is 0.263 e. The Balaban J connectivity index is 1.93. The van der Waals surface area contributed by atoms with Crippen molar-refractivity contribution < 1.29 is 21.6 Å². The van der Waals surface area contributed by atoms with E-state index in [2.05, 4.69) is 9.71 Å². The lowest BCUT2D eigenvalue weighted by molar-refractivity contribution is -0.137. The lowest BCUT2D eigenvalue weighted by Gasteiger charge is -2.13. The van der Waals surface area contributed by atoms with Crippen LogP contribution in [0.1, 0.15) is 16.8 Å². The predicted molar refractivity (Wildman–Crippen MR) is 106 cm³/mol. The van der Waals surface area contributed by atoms with E-state index in [4.69, 9.17) is 11.6 Å². The van der Waals surface area contributed by atoms with Crippen LogP contribution in [0.15, 0.2) is 59.5 Å². The lowest BCUT2D eigenvalue weighted by atomic mass is 10.00. The molecule has 0 aliphatic rings. The molecule has 0 bridgehead atoms. The molecular formula is C20H16ClF3N2O2S. The van der Waals surface area contributed by atoms with Crippen molar-refractivity contribution in [2.45, 2.75) is 24.9 Å². The van der Waals surface area contributed by atoms with Crippen molar-refractivity contribution in [3.63, 3.8) is 0 Å². The zero-order valence-corrected chi connectivity index (χ0v) is 17.0. The maximum absolute atomic E-state index is 12.9. The molecule has 0 aliphatic heterocycles. The van der Waals surface area contributed by atoms with Gasteiger partial charge in [0.25, 0.3) is 10.0 Å². The molecule has 1 heterocycles. The average molecular weight is 441 g/mol. The van der Waals surface area contributed by atoms with E-state index in [1.807, 2.05) is 13.0 Å². The van der Waals surface area contributed by atoms with Gasteiger partial charge in [-0.25, -0.2) is 13.4 Å². The first-order chi connectivity index (χ1) is 13.5. The summed E-state index contributed by atoms with van der Waals surface area (Å²) in [6, 6.07) is 12.1. The molecule has 3 aromatic rings. The van der Waals surface area contributed by atoms with Crippen LogP contribution in [0, 0.1) is 13.8 Å². The standard InChI is InChI=1S/C20H16ClF3N2O2S/c1-12-6-7-15(21)11-18(12)17-8-9-19(25-13(17)2)26-29(27,28)16-5-3-4-14(10-16)20(22,23)24/h3-11H,1-2H3,(H,25,26). The van der Waals surface area contributed by atoms with Crippen molar-refractivity contribution in [3.8, 4) is 11.1 Å². The topological polar surface area (TPSA) is 59.1 Å². The number of alkyl halides is 3. The summed E-state index contributed by atoms with van der Waals surface area (Å²) in [6.45, 7) is 3.62. The molecule has 0 aliphatic carbocycles. The molecule has 9 heteroatoms. The monoisotopic (exact) mass is 440 g/mol. The van der Waals surface area contributed by atoms with E-state index in [0.29, 0.717) is 16.8 Å². The van der Waals surface area contributed by atoms with Gasteiger partial charge in [-0.3, -0.25) is 4.72 Å². The maximum atomic E-state index is 12.9. The van der Waals surface area contributed by atoms with Crippen LogP contribution in [-0.4, -0.2) is 13.4 Å². The van der Waals surface area contributed by atoms with Gasteiger partial charge < -0.3 is 0 Å². The highest BCUT2D eigenvalue weighted by molar-refractivity contribution is 7.92. The summed E-state index contributed by atoms with van der Waals surface area (Å²) in [5.41, 5.74) is 2.09. The minimum atomic E-state index is -4.64. The molecule has 1 aromatic heterocycles. The molecule has 0 amide bonds. The Hall–Kier alpha value is -2.58. The summed E-state index contributed by atoms with van der Waals surface area (Å²) in [5, 5.41) is 0.555. The molecule has 2 aromatic carbocycles. The van der Waals surface area contributed by atoms with Crippen LogP contribution in [-0.2, 0) is 16.2 Å². The minimum absolute atomic E-state index is 0.00310. The number of nitrogens with zero attached hydrogens (tertiary/aromatic N) is 1. The average Bonchev–Trinajstić information content (AvgIpc) is 2.63. The van der Waals surface area contributed by atoms with Gasteiger partial charge in [0.2, 0.25) is 0 Å². The molecule has 29 heavy (non-hydrogen) atoms. The van der Waals surface area contributed by atoms with Crippen molar-refractivity contribution >= 4 is 27.4 Å². The van der Waals surface area contributed by atoms with Gasteiger partial charge in [0.05, 0.1) is 10.5 Å². The van der Waals surface area contributed by atoms with E-state index in [-0.39, 0.29) is 5.82 Å². The van der Waals surface area contributed by atoms with Crippen LogP contribution in [0.5, 0.6) is 0 Å². The van der Waals surface area contributed by atoms with Gasteiger partial charge in [0, 0.05) is 16.3 Å². The zero-order chi connectivity index (χ0) is 21.4. The second-order valence-electron chi connectivity index (χ2n) is 6.42. The van der Waals surface area contributed by atoms with Gasteiger partial charge >= 0.3 is 6.18 Å². The highest BCUT2D eigenvalue weighted by Crippen LogP contribution is 2.32. The fraction of sp³-hybridized carbons (Fsp3) is 0.150. The fourth-order valence-corrected chi connectivity index (χ4v) is 4.04. The van der Waals surface area contributed by atoms with E-state index in [0.717, 1.165) is 34.9 Å². The predicted octanol–water partition coefficient (Wildman–Crippen LogP) is 5.84. The van der Waals surface area contributed by atoms with Crippen molar-refractivity contribution in [2.24, 2.45) is 0 Å². The zero-order valence-electron chi connectivity index (χ0n) is 15.4. The molecule has 152 valence electrons. The molecule has 0 atom stereocenters. The summed E-state index contributed by atoms with van der Waals surface area (Å²) in [6.07, 6.45) is -4.64. The highest BCUT2D eigenvalue weighted by Gasteiger charge is 2.31. The Labute approximate surface area is 171 Å². The lowest BCUT2D eigenvalue weighted by Crippen LogP contribution is -2.15. The minimum Gasteiger partial charge on any atom is -0.263 e. The summed E-state index contributed by atoms with van der Waals surface area (Å²) in [5.74, 6) is 0.00310. The number of aryl methyl sites for hydroxylation is 2. The fourth-order valence-electron chi connectivity index (χ4n) is 2.82. The number of hydrogen-bond donors (Lipinski definition) is 1. The van der Waals surface area contributed by atoms with Gasteiger partial charge in [0.15, 0.2) is 0 Å². The molecule has 3 rings (SSSR count). The van der Waals surface area contributed by atoms with Crippen LogP contribution in [0.3, 0.4) is 0 Å². The molecule has 0 spiro atoms. The van der Waals surface area contributed by atoms with E-state index in [9.17, 15) is 21.6 Å². The molecule has 0 radical (unpaired) electrons. The van der Waals surface area contributed by atoms with Crippen LogP contribution < -0.4 is 4.72 Å². The first-order valence-electron chi connectivity index (χ1n) is 8.41. The SMILES string of the molecule is Cc1ccc(Cl)cc1-c1ccc(NS(=O)(=O)c2cccc(C(F)(F)F)c2)nc1C. The summed E-state index contributed by atoms with van der Waals surface area (Å²) < 4.78 is 65.8. The Bertz CT molecular complexity index is 1180. The third kappa shape index (κ3) is 4.71. The van der Waals surface area contributed by atoms with Gasteiger partial charge in [-0.2, -0.15) is 13.2 Å². The molecule has 4 nitrogen and oxygen atoms in total. The van der Waals surface area contributed by atoms with Crippen LogP contribution in [0.4, 0.5) is 19.0 Å². The number of sulfonamides is 1. The Kier molecular flexibility index (Phi) is 5.60. The molecule has 1 N–H and O–H groups in total. The molecular weight excluding hydrogens is 425 g/mol. The van der Waals surface area contributed by atoms with E-state index >= 15 is 0 Å². The third-order valence-corrected chi connectivity index (χ3v) is 5.87. The first kappa shape index (κ1) is 21.1. The number of pyridine rings is 1. The summed E-state index contributed by atoms with van der Waals surface area (Å²) in [4.78, 5) is 3.75. The number of benzene rings is 2. The number of rotatable bonds is 4. The van der Waals surface area contributed by atoms with E-state index < -0.39 is 26.7 Å². The second-order valence-corrected chi connectivity index (χ2v) is 8.54. The molecule has 0 saturated heterocycles. The van der Waals surface area contributed by atoms with Crippen molar-refractivity contribution in [2.75, 3.05) is 4.72 Å². The van der Waals surface area contributed by atoms with E-state index in [1.54, 1.807) is 25.1 Å². The second kappa shape index (κ2) is 7.68. The molecule has 0 saturated carbocycles. The van der Waals surface area contributed by atoms with Gasteiger partial charge in [-0.1, -0.05) is 23.7 Å². The number of halogens is 4. The van der Waals surface area contributed by atoms with Crippen molar-refractivity contribution in [1.82, 2.24) is 4.98 Å². The largest absolute Gasteiger partial charge is 0.416 e. The molecule has 0 fully saturated rings. The van der Waals surface area contributed by atoms with Crippen molar-refractivity contribution in [3.05, 3.63) is 76.4 Å². The molecule has 0 unspecified atom stereocenters. The van der Waals surface area contributed by atoms with E-state index in [1.165, 1.54) is 6.07 Å². The van der Waals surface area contributed by atoms with Crippen LogP contribution in [0.25, 0.3) is 11.1 Å². The number of nitrogens with one attached hydrogen (secondary N) is 1. The quantitative estimate of drug-likeness (QED) is 0.554. The third-order valence-electron chi connectivity index (χ3n) is 4.29. The Morgan fingerprint density at radius 3 is 2.34 bits per heavy atom. The van der Waals surface area contributed by atoms with Crippen molar-refractivity contribution in [1.29, 1.82) is 0 Å². The van der Waals surface area contributed by atoms with Crippen LogP contribution in [0.2, 0.25) is 5.02 Å². The van der Waals surface area contributed by atoms with Gasteiger partial charge in [-0.15, -0.1) is 0 Å². The highest BCUT2D eigenvalue weighted by atomic mass is 35.5. The number of hydrogen-bond acceptors (Lipinski definition) is 3. The van der Waals surface area contributed by atoms with Gasteiger partial charge in [0.1, 0.15) is 5.82 Å². The van der Waals surface area contributed by atoms with Crippen LogP contribution >= 0.6 is 11.6 Å². The number of aromatic nitrogens is 1. The maximum Gasteiger partial charge on any atom is 0.416 e. The van der Waals surface area contributed by atoms with Gasteiger partial charge in [-0.05, 0) is 67.4 Å². The summed E-state index contributed by atoms with van der Waals surface area (Å²) >= 11 is 6.06. The first-order valence-corrected chi connectivity index (χ1v) is 10.3. The normalized spacial score (nSPS) is 12.1.